The van der Waals surface area contributed by atoms with E-state index in [0.717, 1.165) is 18.4 Å². The lowest BCUT2D eigenvalue weighted by Crippen LogP contribution is -2.36. The lowest BCUT2D eigenvalue weighted by Gasteiger charge is -2.17. The summed E-state index contributed by atoms with van der Waals surface area (Å²) >= 11 is 14.0. The van der Waals surface area contributed by atoms with Crippen LogP contribution in [0.2, 0.25) is 10.0 Å². The Hall–Kier alpha value is -4.42. The molecular formula is C33H34Cl2N8O3. The minimum atomic E-state index is -0.273. The third-order valence-corrected chi connectivity index (χ3v) is 8.42. The summed E-state index contributed by atoms with van der Waals surface area (Å²) in [5.74, 6) is 0.764. The summed E-state index contributed by atoms with van der Waals surface area (Å²) in [5, 5.41) is 15.9. The van der Waals surface area contributed by atoms with Crippen LogP contribution in [0.3, 0.4) is 0 Å². The summed E-state index contributed by atoms with van der Waals surface area (Å²) in [4.78, 5) is 37.6. The minimum Gasteiger partial charge on any atom is -0.480 e. The second kappa shape index (κ2) is 14.8. The Morgan fingerprint density at radius 2 is 1.78 bits per heavy atom. The van der Waals surface area contributed by atoms with Crippen LogP contribution in [-0.2, 0) is 18.4 Å². The Morgan fingerprint density at radius 1 is 1.04 bits per heavy atom. The summed E-state index contributed by atoms with van der Waals surface area (Å²) in [6, 6.07) is 13.1. The van der Waals surface area contributed by atoms with E-state index in [2.05, 4.69) is 31.0 Å². The molecule has 238 valence electrons. The van der Waals surface area contributed by atoms with Crippen LogP contribution in [0.4, 0.5) is 11.5 Å². The van der Waals surface area contributed by atoms with E-state index in [1.54, 1.807) is 26.6 Å². The Balaban J connectivity index is 1.44. The summed E-state index contributed by atoms with van der Waals surface area (Å²) in [7, 11) is 5.01. The molecule has 1 atom stereocenters. The van der Waals surface area contributed by atoms with Gasteiger partial charge in [0.2, 0.25) is 5.88 Å². The highest BCUT2D eigenvalue weighted by molar-refractivity contribution is 6.39. The zero-order valence-electron chi connectivity index (χ0n) is 25.9. The number of benzene rings is 2. The van der Waals surface area contributed by atoms with E-state index in [9.17, 15) is 9.59 Å². The fourth-order valence-electron chi connectivity index (χ4n) is 5.17. The second-order valence-electron chi connectivity index (χ2n) is 10.7. The van der Waals surface area contributed by atoms with Gasteiger partial charge < -0.3 is 25.5 Å². The molecule has 3 heterocycles. The van der Waals surface area contributed by atoms with Crippen molar-refractivity contribution in [2.24, 2.45) is 7.05 Å². The van der Waals surface area contributed by atoms with Crippen molar-refractivity contribution < 1.29 is 9.53 Å². The maximum atomic E-state index is 13.0. The number of nitrogens with one attached hydrogen (secondary N) is 3. The molecule has 3 N–H and O–H groups in total. The molecule has 0 spiro atoms. The molecule has 3 aromatic heterocycles. The Bertz CT molecular complexity index is 1950. The van der Waals surface area contributed by atoms with Crippen LogP contribution in [0, 0.1) is 6.92 Å². The first-order chi connectivity index (χ1) is 22.2. The van der Waals surface area contributed by atoms with E-state index in [1.165, 1.54) is 4.68 Å². The summed E-state index contributed by atoms with van der Waals surface area (Å²) in [6.07, 6.45) is 5.46. The third-order valence-electron chi connectivity index (χ3n) is 7.60. The monoisotopic (exact) mass is 660 g/mol. The average Bonchev–Trinajstić information content (AvgIpc) is 3.05. The molecule has 0 bridgehead atoms. The van der Waals surface area contributed by atoms with Gasteiger partial charge in [-0.2, -0.15) is 5.10 Å². The van der Waals surface area contributed by atoms with E-state index in [-0.39, 0.29) is 11.6 Å². The van der Waals surface area contributed by atoms with Gasteiger partial charge in [-0.05, 0) is 32.5 Å². The lowest BCUT2D eigenvalue weighted by molar-refractivity contribution is -0.108. The number of hydrogen-bond acceptors (Lipinski definition) is 10. The molecule has 46 heavy (non-hydrogen) atoms. The van der Waals surface area contributed by atoms with Crippen molar-refractivity contribution in [2.45, 2.75) is 32.4 Å². The Kier molecular flexibility index (Phi) is 10.6. The molecule has 2 aromatic carbocycles. The van der Waals surface area contributed by atoms with Crippen LogP contribution in [-0.4, -0.2) is 57.8 Å². The lowest BCUT2D eigenvalue weighted by atomic mass is 10.0. The number of methoxy groups -OCH3 is 1. The smallest absolute Gasteiger partial charge is 0.278 e. The number of likely N-dealkylation sites (N-methyl/N-ethyl adjacent to an activating group) is 1. The summed E-state index contributed by atoms with van der Waals surface area (Å²) in [6.45, 7) is 2.94. The van der Waals surface area contributed by atoms with Gasteiger partial charge >= 0.3 is 0 Å². The Morgan fingerprint density at radius 3 is 2.52 bits per heavy atom. The molecule has 0 fully saturated rings. The van der Waals surface area contributed by atoms with E-state index < -0.39 is 0 Å². The molecule has 0 saturated heterocycles. The standard InChI is InChI=1S/C33H34Cl2N8O3/c1-19-14-20-15-39-43(3)33(45)28(20)31(40-19)41-25-12-6-10-23(30(25)35)22-9-5-11-24(29(22)34)26-18-38-27(32(42-26)46-4)17-37-16-21(36-2)8-7-13-44/h5-6,9-15,18,21,36-37H,7-8,16-17H2,1-4H3,(H,40,41). The van der Waals surface area contributed by atoms with E-state index in [4.69, 9.17) is 32.9 Å². The molecule has 11 nitrogen and oxygen atoms in total. The average molecular weight is 662 g/mol. The zero-order chi connectivity index (χ0) is 32.8. The number of anilines is 2. The SMILES string of the molecule is CNC(CCC=O)CNCc1ncc(-c2cccc(-c3cccc(Nc4nc(C)cc5cnn(C)c(=O)c45)c3Cl)c2Cl)nc1OC. The number of aryl methyl sites for hydroxylation is 2. The molecule has 0 amide bonds. The molecule has 0 aliphatic heterocycles. The van der Waals surface area contributed by atoms with E-state index in [1.807, 2.05) is 56.4 Å². The number of carbonyl (C=O) groups is 1. The number of rotatable bonds is 13. The largest absolute Gasteiger partial charge is 0.480 e. The fourth-order valence-corrected chi connectivity index (χ4v) is 5.77. The third kappa shape index (κ3) is 7.02. The number of ether oxygens (including phenoxy) is 1. The molecule has 0 aliphatic carbocycles. The maximum Gasteiger partial charge on any atom is 0.278 e. The molecule has 13 heteroatoms. The van der Waals surface area contributed by atoms with E-state index >= 15 is 0 Å². The van der Waals surface area contributed by atoms with Crippen molar-refractivity contribution in [1.29, 1.82) is 0 Å². The van der Waals surface area contributed by atoms with Gasteiger partial charge in [0.25, 0.3) is 5.56 Å². The maximum absolute atomic E-state index is 13.0. The highest BCUT2D eigenvalue weighted by Crippen LogP contribution is 2.42. The number of aromatic nitrogens is 5. The fraction of sp³-hybridized carbons (Fsp3) is 0.273. The van der Waals surface area contributed by atoms with Gasteiger partial charge in [-0.15, -0.1) is 0 Å². The van der Waals surface area contributed by atoms with Gasteiger partial charge in [0.1, 0.15) is 17.8 Å². The molecule has 0 saturated carbocycles. The second-order valence-corrected chi connectivity index (χ2v) is 11.4. The number of hydrogen-bond donors (Lipinski definition) is 3. The van der Waals surface area contributed by atoms with Gasteiger partial charge in [0, 0.05) is 60.4 Å². The van der Waals surface area contributed by atoms with Crippen LogP contribution in [0.25, 0.3) is 33.2 Å². The first-order valence-electron chi connectivity index (χ1n) is 14.7. The number of fused-ring (bicyclic) bond motifs is 1. The van der Waals surface area contributed by atoms with Crippen LogP contribution >= 0.6 is 23.2 Å². The van der Waals surface area contributed by atoms with Crippen molar-refractivity contribution in [1.82, 2.24) is 35.4 Å². The highest BCUT2D eigenvalue weighted by Gasteiger charge is 2.19. The van der Waals surface area contributed by atoms with Crippen LogP contribution in [0.15, 0.2) is 59.7 Å². The van der Waals surface area contributed by atoms with Crippen LogP contribution in [0.5, 0.6) is 5.88 Å². The number of nitrogens with zero attached hydrogens (tertiary/aromatic N) is 5. The quantitative estimate of drug-likeness (QED) is 0.139. The minimum absolute atomic E-state index is 0.155. The normalized spacial score (nSPS) is 11.9. The van der Waals surface area contributed by atoms with Crippen LogP contribution < -0.4 is 26.2 Å². The molecule has 0 radical (unpaired) electrons. The van der Waals surface area contributed by atoms with Crippen molar-refractivity contribution in [3.05, 3.63) is 86.6 Å². The van der Waals surface area contributed by atoms with Crippen molar-refractivity contribution in [3.8, 4) is 28.3 Å². The predicted octanol–water partition coefficient (Wildman–Crippen LogP) is 5.48. The first-order valence-corrected chi connectivity index (χ1v) is 15.4. The number of aldehydes is 1. The van der Waals surface area contributed by atoms with Crippen molar-refractivity contribution >= 4 is 51.8 Å². The van der Waals surface area contributed by atoms with Gasteiger partial charge in [-0.25, -0.2) is 14.6 Å². The summed E-state index contributed by atoms with van der Waals surface area (Å²) in [5.41, 5.74) is 4.22. The van der Waals surface area contributed by atoms with Gasteiger partial charge in [0.15, 0.2) is 0 Å². The molecule has 0 aliphatic rings. The van der Waals surface area contributed by atoms with Gasteiger partial charge in [-0.3, -0.25) is 9.78 Å². The predicted molar refractivity (Wildman–Crippen MR) is 182 cm³/mol. The molecule has 1 unspecified atom stereocenters. The highest BCUT2D eigenvalue weighted by atomic mass is 35.5. The van der Waals surface area contributed by atoms with Gasteiger partial charge in [0.05, 0.1) is 46.3 Å². The molecule has 5 aromatic rings. The molecular weight excluding hydrogens is 627 g/mol. The number of pyridine rings is 1. The topological polar surface area (TPSA) is 136 Å². The van der Waals surface area contributed by atoms with E-state index in [0.29, 0.717) is 85.8 Å². The summed E-state index contributed by atoms with van der Waals surface area (Å²) < 4.78 is 6.85. The Labute approximate surface area is 276 Å². The van der Waals surface area contributed by atoms with Gasteiger partial charge in [-0.1, -0.05) is 53.5 Å². The molecule has 5 rings (SSSR count). The zero-order valence-corrected chi connectivity index (χ0v) is 27.4. The number of carbonyl (C=O) groups excluding carboxylic acids is 1. The van der Waals surface area contributed by atoms with Crippen molar-refractivity contribution in [2.75, 3.05) is 26.0 Å². The number of halogens is 2. The van der Waals surface area contributed by atoms with Crippen LogP contribution in [0.1, 0.15) is 24.2 Å². The first kappa shape index (κ1) is 33.0. The van der Waals surface area contributed by atoms with Crippen molar-refractivity contribution in [3.63, 3.8) is 0 Å².